The molecule has 0 bridgehead atoms. The number of benzene rings is 2. The van der Waals surface area contributed by atoms with Gasteiger partial charge in [0.1, 0.15) is 10.9 Å². The number of hydrogen-bond donors (Lipinski definition) is 0. The molecule has 0 aromatic heterocycles. The molecule has 0 aliphatic rings. The van der Waals surface area contributed by atoms with Crippen molar-refractivity contribution >= 4 is 35.2 Å². The van der Waals surface area contributed by atoms with Crippen LogP contribution in [-0.4, -0.2) is 10.8 Å². The molecule has 0 spiro atoms. The predicted octanol–water partition coefficient (Wildman–Crippen LogP) is 7.19. The molecule has 0 aliphatic heterocycles. The van der Waals surface area contributed by atoms with E-state index in [0.29, 0.717) is 5.92 Å². The van der Waals surface area contributed by atoms with Crippen LogP contribution in [0.4, 0.5) is 0 Å². The number of esters is 1. The third-order valence-electron chi connectivity index (χ3n) is 4.68. The molecule has 2 nitrogen and oxygen atoms in total. The third-order valence-corrected chi connectivity index (χ3v) is 5.54. The topological polar surface area (TPSA) is 26.3 Å². The third kappa shape index (κ3) is 8.24. The van der Waals surface area contributed by atoms with Gasteiger partial charge in [0.15, 0.2) is 0 Å². The first-order valence-corrected chi connectivity index (χ1v) is 10.9. The first-order valence-electron chi connectivity index (χ1n) is 10.1. The van der Waals surface area contributed by atoms with E-state index >= 15 is 0 Å². The molecule has 2 atom stereocenters. The number of hydrogen-bond acceptors (Lipinski definition) is 2. The number of carbonyl (C=O) groups is 1. The van der Waals surface area contributed by atoms with Gasteiger partial charge >= 0.3 is 5.97 Å². The Kier molecular flexibility index (Phi) is 9.26. The standard InChI is InChI=1S/C25H30Cl2O2/c1-17(2)15-21-7-5-20(6-8-21)11-14-24(29-19(4)28)23-12-9-22(10-13-23)16-18(3)25(26)27/h5-14,17-18,24-25H,15-16H2,1-4H3/b14-11+. The van der Waals surface area contributed by atoms with Gasteiger partial charge in [0.05, 0.1) is 0 Å². The maximum atomic E-state index is 11.6. The van der Waals surface area contributed by atoms with E-state index in [1.54, 1.807) is 0 Å². The molecule has 0 fully saturated rings. The van der Waals surface area contributed by atoms with E-state index in [-0.39, 0.29) is 11.9 Å². The number of halogens is 2. The average molecular weight is 433 g/mol. The Morgan fingerprint density at radius 3 is 2.00 bits per heavy atom. The summed E-state index contributed by atoms with van der Waals surface area (Å²) in [6.07, 6.45) is 5.36. The molecule has 0 heterocycles. The molecule has 29 heavy (non-hydrogen) atoms. The first-order chi connectivity index (χ1) is 13.7. The average Bonchev–Trinajstić information content (AvgIpc) is 2.66. The molecule has 4 heteroatoms. The van der Waals surface area contributed by atoms with E-state index in [9.17, 15) is 4.79 Å². The van der Waals surface area contributed by atoms with E-state index < -0.39 is 10.9 Å². The lowest BCUT2D eigenvalue weighted by molar-refractivity contribution is -0.144. The summed E-state index contributed by atoms with van der Waals surface area (Å²) in [5.74, 6) is 0.499. The smallest absolute Gasteiger partial charge is 0.303 e. The molecule has 0 saturated carbocycles. The zero-order valence-corrected chi connectivity index (χ0v) is 19.1. The molecule has 0 N–H and O–H groups in total. The van der Waals surface area contributed by atoms with Crippen molar-refractivity contribution in [2.45, 2.75) is 51.5 Å². The summed E-state index contributed by atoms with van der Waals surface area (Å²) in [6.45, 7) is 7.88. The fourth-order valence-corrected chi connectivity index (χ4v) is 3.31. The van der Waals surface area contributed by atoms with Gasteiger partial charge < -0.3 is 4.74 Å². The summed E-state index contributed by atoms with van der Waals surface area (Å²) in [7, 11) is 0. The summed E-state index contributed by atoms with van der Waals surface area (Å²) >= 11 is 11.9. The highest BCUT2D eigenvalue weighted by Gasteiger charge is 2.14. The van der Waals surface area contributed by atoms with Crippen molar-refractivity contribution in [3.05, 3.63) is 76.9 Å². The summed E-state index contributed by atoms with van der Waals surface area (Å²) < 4.78 is 5.53. The largest absolute Gasteiger partial charge is 0.453 e. The maximum Gasteiger partial charge on any atom is 0.303 e. The van der Waals surface area contributed by atoms with Crippen molar-refractivity contribution in [1.29, 1.82) is 0 Å². The molecule has 0 amide bonds. The number of alkyl halides is 2. The maximum absolute atomic E-state index is 11.6. The minimum Gasteiger partial charge on any atom is -0.453 e. The minimum atomic E-state index is -0.428. The van der Waals surface area contributed by atoms with Crippen molar-refractivity contribution in [2.75, 3.05) is 0 Å². The zero-order chi connectivity index (χ0) is 21.4. The van der Waals surface area contributed by atoms with E-state index in [2.05, 4.69) is 38.1 Å². The second-order valence-corrected chi connectivity index (χ2v) is 9.15. The highest BCUT2D eigenvalue weighted by Crippen LogP contribution is 2.24. The molecular formula is C25H30Cl2O2. The Balaban J connectivity index is 2.12. The van der Waals surface area contributed by atoms with Gasteiger partial charge in [-0.3, -0.25) is 4.79 Å². The summed E-state index contributed by atoms with van der Waals surface area (Å²) in [4.78, 5) is 11.2. The Morgan fingerprint density at radius 1 is 0.931 bits per heavy atom. The van der Waals surface area contributed by atoms with Gasteiger partial charge in [-0.2, -0.15) is 0 Å². The zero-order valence-electron chi connectivity index (χ0n) is 17.6. The molecule has 0 aliphatic carbocycles. The van der Waals surface area contributed by atoms with Gasteiger partial charge in [0, 0.05) is 6.92 Å². The van der Waals surface area contributed by atoms with Crippen LogP contribution in [0.2, 0.25) is 0 Å². The van der Waals surface area contributed by atoms with Crippen molar-refractivity contribution < 1.29 is 9.53 Å². The normalized spacial score (nSPS) is 13.8. The Bertz CT molecular complexity index is 793. The van der Waals surface area contributed by atoms with Gasteiger partial charge in [0.25, 0.3) is 0 Å². The molecule has 2 aromatic carbocycles. The van der Waals surface area contributed by atoms with Crippen LogP contribution in [0.15, 0.2) is 54.6 Å². The fourth-order valence-electron chi connectivity index (χ4n) is 3.14. The lowest BCUT2D eigenvalue weighted by atomic mass is 9.99. The van der Waals surface area contributed by atoms with Crippen LogP contribution in [0, 0.1) is 11.8 Å². The van der Waals surface area contributed by atoms with Crippen molar-refractivity contribution in [2.24, 2.45) is 11.8 Å². The quantitative estimate of drug-likeness (QED) is 0.309. The second-order valence-electron chi connectivity index (χ2n) is 7.99. The van der Waals surface area contributed by atoms with Gasteiger partial charge in [-0.1, -0.05) is 75.4 Å². The van der Waals surface area contributed by atoms with Crippen LogP contribution in [-0.2, 0) is 22.4 Å². The number of carbonyl (C=O) groups excluding carboxylic acids is 1. The first kappa shape index (κ1) is 23.5. The number of rotatable bonds is 9. The van der Waals surface area contributed by atoms with E-state index in [1.165, 1.54) is 12.5 Å². The van der Waals surface area contributed by atoms with Crippen molar-refractivity contribution in [1.82, 2.24) is 0 Å². The van der Waals surface area contributed by atoms with Crippen LogP contribution >= 0.6 is 23.2 Å². The van der Waals surface area contributed by atoms with Crippen LogP contribution in [0.3, 0.4) is 0 Å². The van der Waals surface area contributed by atoms with Gasteiger partial charge in [-0.05, 0) is 53.0 Å². The van der Waals surface area contributed by atoms with E-state index in [0.717, 1.165) is 29.5 Å². The van der Waals surface area contributed by atoms with Crippen LogP contribution in [0.5, 0.6) is 0 Å². The van der Waals surface area contributed by atoms with Gasteiger partial charge in [-0.25, -0.2) is 0 Å². The van der Waals surface area contributed by atoms with Crippen LogP contribution in [0.1, 0.15) is 56.1 Å². The van der Waals surface area contributed by atoms with Crippen molar-refractivity contribution in [3.8, 4) is 0 Å². The molecule has 2 aromatic rings. The van der Waals surface area contributed by atoms with Gasteiger partial charge in [-0.15, -0.1) is 23.2 Å². The van der Waals surface area contributed by atoms with E-state index in [1.807, 2.05) is 43.3 Å². The fraction of sp³-hybridized carbons (Fsp3) is 0.400. The second kappa shape index (κ2) is 11.4. The minimum absolute atomic E-state index is 0.173. The monoisotopic (exact) mass is 432 g/mol. The summed E-state index contributed by atoms with van der Waals surface area (Å²) in [5.41, 5.74) is 4.49. The Morgan fingerprint density at radius 2 is 1.48 bits per heavy atom. The van der Waals surface area contributed by atoms with Crippen molar-refractivity contribution in [3.63, 3.8) is 0 Å². The molecule has 156 valence electrons. The Hall–Kier alpha value is -1.77. The summed E-state index contributed by atoms with van der Waals surface area (Å²) in [6, 6.07) is 16.5. The predicted molar refractivity (Wildman–Crippen MR) is 123 cm³/mol. The van der Waals surface area contributed by atoms with Crippen LogP contribution < -0.4 is 0 Å². The highest BCUT2D eigenvalue weighted by atomic mass is 35.5. The lowest BCUT2D eigenvalue weighted by Gasteiger charge is -2.16. The molecule has 2 rings (SSSR count). The lowest BCUT2D eigenvalue weighted by Crippen LogP contribution is -2.09. The molecule has 2 unspecified atom stereocenters. The van der Waals surface area contributed by atoms with Gasteiger partial charge in [0.2, 0.25) is 0 Å². The molecule has 0 radical (unpaired) electrons. The number of ether oxygens (including phenoxy) is 1. The summed E-state index contributed by atoms with van der Waals surface area (Å²) in [5, 5.41) is 0. The van der Waals surface area contributed by atoms with E-state index in [4.69, 9.17) is 27.9 Å². The SMILES string of the molecule is CC(=O)OC(/C=C/c1ccc(CC(C)C)cc1)c1ccc(CC(C)C(Cl)Cl)cc1. The highest BCUT2D eigenvalue weighted by molar-refractivity contribution is 6.44. The van der Waals surface area contributed by atoms with Crippen LogP contribution in [0.25, 0.3) is 6.08 Å². The Labute approximate surface area is 184 Å². The molecule has 0 saturated heterocycles. The molecular weight excluding hydrogens is 403 g/mol.